The van der Waals surface area contributed by atoms with Crippen molar-refractivity contribution < 1.29 is 23.4 Å². The molecule has 1 aromatic carbocycles. The molecule has 0 aliphatic heterocycles. The van der Waals surface area contributed by atoms with Crippen molar-refractivity contribution in [2.24, 2.45) is 0 Å². The van der Waals surface area contributed by atoms with E-state index >= 15 is 0 Å². The predicted molar refractivity (Wildman–Crippen MR) is 66.8 cm³/mol. The van der Waals surface area contributed by atoms with Crippen LogP contribution < -0.4 is 9.47 Å². The van der Waals surface area contributed by atoms with Gasteiger partial charge in [-0.2, -0.15) is 8.78 Å². The molecule has 0 atom stereocenters. The maximum Gasteiger partial charge on any atom is 0.320 e. The number of aromatic nitrogens is 2. The molecule has 1 heterocycles. The van der Waals surface area contributed by atoms with E-state index in [1.807, 2.05) is 0 Å². The molecule has 108 valence electrons. The van der Waals surface area contributed by atoms with Gasteiger partial charge >= 0.3 is 6.55 Å². The normalized spacial score (nSPS) is 10.8. The van der Waals surface area contributed by atoms with Gasteiger partial charge in [-0.3, -0.25) is 4.57 Å². The lowest BCUT2D eigenvalue weighted by Crippen LogP contribution is -2.07. The number of halogens is 2. The fourth-order valence-electron chi connectivity index (χ4n) is 1.58. The van der Waals surface area contributed by atoms with Crippen LogP contribution in [0.3, 0.4) is 0 Å². The quantitative estimate of drug-likeness (QED) is 0.847. The maximum absolute atomic E-state index is 12.6. The van der Waals surface area contributed by atoms with E-state index in [0.717, 1.165) is 4.57 Å². The molecule has 20 heavy (non-hydrogen) atoms. The van der Waals surface area contributed by atoms with E-state index in [2.05, 4.69) is 4.98 Å². The van der Waals surface area contributed by atoms with Gasteiger partial charge < -0.3 is 14.6 Å². The van der Waals surface area contributed by atoms with Gasteiger partial charge in [-0.25, -0.2) is 4.98 Å². The molecule has 0 bridgehead atoms. The third kappa shape index (κ3) is 3.67. The highest BCUT2D eigenvalue weighted by Crippen LogP contribution is 2.19. The van der Waals surface area contributed by atoms with Crippen LogP contribution in [0.4, 0.5) is 8.78 Å². The Labute approximate surface area is 114 Å². The zero-order valence-electron chi connectivity index (χ0n) is 10.6. The second-order valence-corrected chi connectivity index (χ2v) is 3.86. The second-order valence-electron chi connectivity index (χ2n) is 3.86. The van der Waals surface area contributed by atoms with E-state index in [9.17, 15) is 8.78 Å². The third-order valence-corrected chi connectivity index (χ3v) is 2.51. The molecule has 7 heteroatoms. The van der Waals surface area contributed by atoms with E-state index in [4.69, 9.17) is 14.6 Å². The summed E-state index contributed by atoms with van der Waals surface area (Å²) >= 11 is 0. The summed E-state index contributed by atoms with van der Waals surface area (Å²) in [5, 5.41) is 8.62. The molecule has 0 saturated carbocycles. The minimum absolute atomic E-state index is 0.0474. The lowest BCUT2D eigenvalue weighted by molar-refractivity contribution is 0.0632. The van der Waals surface area contributed by atoms with Crippen molar-refractivity contribution >= 4 is 0 Å². The van der Waals surface area contributed by atoms with Crippen molar-refractivity contribution in [3.63, 3.8) is 0 Å². The highest BCUT2D eigenvalue weighted by molar-refractivity contribution is 5.31. The molecule has 0 radical (unpaired) electrons. The zero-order valence-corrected chi connectivity index (χ0v) is 10.6. The highest BCUT2D eigenvalue weighted by Gasteiger charge is 2.11. The molecular formula is C13H14F2N2O3. The standard InChI is InChI=1S/C13H14F2N2O3/c14-13(15)17-6-5-16-12(17)9-20-11-3-1-10(2-4-11)19-8-7-18/h1-6,13,18H,7-9H2. The lowest BCUT2D eigenvalue weighted by Gasteiger charge is -2.09. The minimum atomic E-state index is -2.63. The van der Waals surface area contributed by atoms with Gasteiger partial charge in [0.2, 0.25) is 0 Å². The van der Waals surface area contributed by atoms with Gasteiger partial charge in [0, 0.05) is 12.4 Å². The van der Waals surface area contributed by atoms with Crippen molar-refractivity contribution in [3.05, 3.63) is 42.5 Å². The smallest absolute Gasteiger partial charge is 0.320 e. The van der Waals surface area contributed by atoms with Crippen LogP contribution in [0.25, 0.3) is 0 Å². The number of alkyl halides is 2. The summed E-state index contributed by atoms with van der Waals surface area (Å²) in [6, 6.07) is 6.65. The number of aliphatic hydroxyl groups excluding tert-OH is 1. The number of rotatable bonds is 7. The SMILES string of the molecule is OCCOc1ccc(OCc2nccn2C(F)F)cc1. The van der Waals surface area contributed by atoms with Gasteiger partial charge in [0.05, 0.1) is 6.61 Å². The molecule has 0 unspecified atom stereocenters. The van der Waals surface area contributed by atoms with Crippen molar-refractivity contribution in [2.45, 2.75) is 13.2 Å². The molecular weight excluding hydrogens is 270 g/mol. The number of hydrogen-bond acceptors (Lipinski definition) is 4. The Morgan fingerprint density at radius 3 is 2.40 bits per heavy atom. The first-order chi connectivity index (χ1) is 9.70. The number of hydrogen-bond donors (Lipinski definition) is 1. The fraction of sp³-hybridized carbons (Fsp3) is 0.308. The molecule has 2 rings (SSSR count). The summed E-state index contributed by atoms with van der Waals surface area (Å²) in [6.45, 7) is -2.53. The van der Waals surface area contributed by atoms with Gasteiger partial charge in [-0.15, -0.1) is 0 Å². The largest absolute Gasteiger partial charge is 0.491 e. The summed E-state index contributed by atoms with van der Waals surface area (Å²) in [4.78, 5) is 3.82. The van der Waals surface area contributed by atoms with Gasteiger partial charge in [-0.05, 0) is 24.3 Å². The van der Waals surface area contributed by atoms with Crippen LogP contribution >= 0.6 is 0 Å². The van der Waals surface area contributed by atoms with Gasteiger partial charge in [-0.1, -0.05) is 0 Å². The van der Waals surface area contributed by atoms with E-state index in [-0.39, 0.29) is 25.6 Å². The number of imidazole rings is 1. The minimum Gasteiger partial charge on any atom is -0.491 e. The van der Waals surface area contributed by atoms with Crippen molar-refractivity contribution in [2.75, 3.05) is 13.2 Å². The topological polar surface area (TPSA) is 56.5 Å². The first kappa shape index (κ1) is 14.3. The Morgan fingerprint density at radius 1 is 1.15 bits per heavy atom. The van der Waals surface area contributed by atoms with E-state index in [0.29, 0.717) is 11.5 Å². The highest BCUT2D eigenvalue weighted by atomic mass is 19.3. The Bertz CT molecular complexity index is 529. The van der Waals surface area contributed by atoms with Crippen LogP contribution in [0.15, 0.2) is 36.7 Å². The molecule has 0 aliphatic carbocycles. The Hall–Kier alpha value is -2.15. The van der Waals surface area contributed by atoms with Gasteiger partial charge in [0.1, 0.15) is 24.7 Å². The van der Waals surface area contributed by atoms with Crippen LogP contribution in [0.5, 0.6) is 11.5 Å². The second kappa shape index (κ2) is 6.85. The summed E-state index contributed by atoms with van der Waals surface area (Å²) in [5.74, 6) is 1.27. The van der Waals surface area contributed by atoms with Crippen molar-refractivity contribution in [1.82, 2.24) is 9.55 Å². The average molecular weight is 284 g/mol. The van der Waals surface area contributed by atoms with Crippen molar-refractivity contribution in [3.8, 4) is 11.5 Å². The Balaban J connectivity index is 1.92. The van der Waals surface area contributed by atoms with Crippen LogP contribution in [-0.4, -0.2) is 27.9 Å². The van der Waals surface area contributed by atoms with Crippen LogP contribution in [0.1, 0.15) is 12.4 Å². The Kier molecular flexibility index (Phi) is 4.89. The molecule has 0 fully saturated rings. The van der Waals surface area contributed by atoms with Crippen LogP contribution in [-0.2, 0) is 6.61 Å². The first-order valence-electron chi connectivity index (χ1n) is 5.97. The lowest BCUT2D eigenvalue weighted by atomic mass is 10.3. The summed E-state index contributed by atoms with van der Waals surface area (Å²) in [7, 11) is 0. The molecule has 0 spiro atoms. The number of ether oxygens (including phenoxy) is 2. The van der Waals surface area contributed by atoms with Crippen molar-refractivity contribution in [1.29, 1.82) is 0 Å². The van der Waals surface area contributed by atoms with E-state index < -0.39 is 6.55 Å². The summed E-state index contributed by atoms with van der Waals surface area (Å²) in [5.41, 5.74) is 0. The molecule has 0 aliphatic rings. The third-order valence-electron chi connectivity index (χ3n) is 2.51. The molecule has 5 nitrogen and oxygen atoms in total. The molecule has 2 aromatic rings. The monoisotopic (exact) mass is 284 g/mol. The zero-order chi connectivity index (χ0) is 14.4. The predicted octanol–water partition coefficient (Wildman–Crippen LogP) is 2.23. The molecule has 1 N–H and O–H groups in total. The number of nitrogens with zero attached hydrogens (tertiary/aromatic N) is 2. The van der Waals surface area contributed by atoms with Crippen LogP contribution in [0, 0.1) is 0 Å². The van der Waals surface area contributed by atoms with E-state index in [1.165, 1.54) is 12.4 Å². The van der Waals surface area contributed by atoms with E-state index in [1.54, 1.807) is 24.3 Å². The summed E-state index contributed by atoms with van der Waals surface area (Å²) in [6.07, 6.45) is 2.51. The first-order valence-corrected chi connectivity index (χ1v) is 5.97. The molecule has 0 amide bonds. The Morgan fingerprint density at radius 2 is 1.80 bits per heavy atom. The fourth-order valence-corrected chi connectivity index (χ4v) is 1.58. The van der Waals surface area contributed by atoms with Crippen LogP contribution in [0.2, 0.25) is 0 Å². The number of aliphatic hydroxyl groups is 1. The van der Waals surface area contributed by atoms with Gasteiger partial charge in [0.25, 0.3) is 0 Å². The molecule has 1 aromatic heterocycles. The molecule has 0 saturated heterocycles. The average Bonchev–Trinajstić information content (AvgIpc) is 2.92. The van der Waals surface area contributed by atoms with Gasteiger partial charge in [0.15, 0.2) is 5.82 Å². The summed E-state index contributed by atoms with van der Waals surface area (Å²) < 4.78 is 36.5. The maximum atomic E-state index is 12.6. The number of benzene rings is 1.